The molecule has 0 unspecified atom stereocenters. The summed E-state index contributed by atoms with van der Waals surface area (Å²) in [4.78, 5) is 0. The third-order valence-corrected chi connectivity index (χ3v) is 0.0690. The molecular formula is CH3BFO. The molecule has 3 heteroatoms. The second-order valence-electron chi connectivity index (χ2n) is 0.337. The molecule has 0 atom stereocenters. The average Bonchev–Trinajstić information content (AvgIpc) is 1.37. The van der Waals surface area contributed by atoms with Crippen LogP contribution in [0.15, 0.2) is 0 Å². The maximum absolute atomic E-state index is 10.3. The van der Waals surface area contributed by atoms with Crippen molar-refractivity contribution in [3.8, 4) is 0 Å². The molecule has 0 aromatic rings. The average molecular weight is 60.8 g/mol. The Hall–Kier alpha value is -0.0451. The number of aliphatic hydroxyl groups is 1. The highest BCUT2D eigenvalue weighted by molar-refractivity contribution is 6.25. The van der Waals surface area contributed by atoms with Gasteiger partial charge in [0, 0.05) is 0 Å². The zero-order valence-electron chi connectivity index (χ0n) is 2.11. The van der Waals surface area contributed by atoms with Crippen LogP contribution in [0.1, 0.15) is 0 Å². The van der Waals surface area contributed by atoms with Crippen LogP contribution in [-0.2, 0) is 0 Å². The first-order valence-corrected chi connectivity index (χ1v) is 0.943. The number of rotatable bonds is 1. The van der Waals surface area contributed by atoms with E-state index < -0.39 is 6.51 Å². The second-order valence-corrected chi connectivity index (χ2v) is 0.337. The van der Waals surface area contributed by atoms with Crippen LogP contribution >= 0.6 is 0 Å². The van der Waals surface area contributed by atoms with Crippen molar-refractivity contribution in [1.82, 2.24) is 0 Å². The fraction of sp³-hybridized carbons (Fsp3) is 1.00. The zero-order valence-corrected chi connectivity index (χ0v) is 2.11. The Morgan fingerprint density at radius 3 is 2.25 bits per heavy atom. The maximum atomic E-state index is 10.3. The van der Waals surface area contributed by atoms with Crippen LogP contribution < -0.4 is 0 Å². The Labute approximate surface area is 24.7 Å². The molecule has 0 rings (SSSR count). The van der Waals surface area contributed by atoms with Crippen molar-refractivity contribution >= 4 is 7.56 Å². The molecule has 0 aliphatic rings. The van der Waals surface area contributed by atoms with Crippen LogP contribution in [-0.4, -0.2) is 19.2 Å². The Bertz CT molecular complexity index is 10.0. The van der Waals surface area contributed by atoms with E-state index >= 15 is 0 Å². The van der Waals surface area contributed by atoms with Crippen LogP contribution in [0.5, 0.6) is 0 Å². The minimum atomic E-state index is -0.472. The molecule has 1 radical (unpaired) electrons. The highest BCUT2D eigenvalue weighted by atomic mass is 19.1. The Kier molecular flexibility index (Phi) is 2.92. The molecule has 0 heterocycles. The monoisotopic (exact) mass is 61.0 g/mol. The van der Waals surface area contributed by atoms with Crippen molar-refractivity contribution in [2.75, 3.05) is 6.51 Å². The molecule has 23 valence electrons. The molecule has 0 spiro atoms. The summed E-state index contributed by atoms with van der Waals surface area (Å²) in [5, 5.41) is 7.44. The van der Waals surface area contributed by atoms with Crippen LogP contribution in [0.3, 0.4) is 0 Å². The van der Waals surface area contributed by atoms with Gasteiger partial charge >= 0.3 is 7.56 Å². The summed E-state index contributed by atoms with van der Waals surface area (Å²) >= 11 is 0. The van der Waals surface area contributed by atoms with Crippen LogP contribution in [0, 0.1) is 0 Å². The van der Waals surface area contributed by atoms with Gasteiger partial charge in [-0.1, -0.05) is 0 Å². The Balaban J connectivity index is 1.97. The van der Waals surface area contributed by atoms with Gasteiger partial charge in [0.25, 0.3) is 0 Å². The molecule has 0 saturated heterocycles. The molecule has 0 aromatic carbocycles. The van der Waals surface area contributed by atoms with Crippen molar-refractivity contribution in [1.29, 1.82) is 0 Å². The van der Waals surface area contributed by atoms with Gasteiger partial charge in [0.2, 0.25) is 0 Å². The van der Waals surface area contributed by atoms with Crippen molar-refractivity contribution in [3.63, 3.8) is 0 Å². The maximum Gasteiger partial charge on any atom is 0.382 e. The van der Waals surface area contributed by atoms with Crippen LogP contribution in [0.25, 0.3) is 0 Å². The van der Waals surface area contributed by atoms with E-state index in [1.165, 1.54) is 0 Å². The summed E-state index contributed by atoms with van der Waals surface area (Å²) in [5.74, 6) is 0. The molecule has 0 amide bonds. The minimum Gasteiger partial charge on any atom is -0.402 e. The quantitative estimate of drug-likeness (QED) is 0.406. The first kappa shape index (κ1) is 3.95. The number of halogens is 1. The summed E-state index contributed by atoms with van der Waals surface area (Å²) in [7, 11) is 0.181. The Morgan fingerprint density at radius 1 is 2.00 bits per heavy atom. The zero-order chi connectivity index (χ0) is 3.41. The standard InChI is InChI=1S/CH3BFO/c3-2-1-4/h4H,1H2. The number of hydrogen-bond donors (Lipinski definition) is 1. The predicted octanol–water partition coefficient (Wildman–Crippen LogP) is -0.475. The van der Waals surface area contributed by atoms with E-state index in [1.54, 1.807) is 0 Å². The lowest BCUT2D eigenvalue weighted by atomic mass is 10.1. The van der Waals surface area contributed by atoms with Gasteiger partial charge in [-0.15, -0.1) is 0 Å². The third kappa shape index (κ3) is 1.95. The SMILES string of the molecule is OC[B]F. The lowest BCUT2D eigenvalue weighted by molar-refractivity contribution is 0.358. The van der Waals surface area contributed by atoms with Gasteiger partial charge in [-0.3, -0.25) is 0 Å². The third-order valence-electron chi connectivity index (χ3n) is 0.0690. The van der Waals surface area contributed by atoms with Crippen molar-refractivity contribution in [2.24, 2.45) is 0 Å². The van der Waals surface area contributed by atoms with Gasteiger partial charge in [0.1, 0.15) is 0 Å². The molecule has 0 aliphatic heterocycles. The second kappa shape index (κ2) is 2.95. The molecule has 4 heavy (non-hydrogen) atoms. The molecule has 0 saturated carbocycles. The van der Waals surface area contributed by atoms with Gasteiger partial charge in [-0.05, 0) is 0 Å². The van der Waals surface area contributed by atoms with Gasteiger partial charge in [0.05, 0.1) is 6.51 Å². The van der Waals surface area contributed by atoms with E-state index in [0.717, 1.165) is 0 Å². The molecule has 1 nitrogen and oxygen atoms in total. The fourth-order valence-electron chi connectivity index (χ4n) is 0. The summed E-state index contributed by atoms with van der Waals surface area (Å²) in [6.07, 6.45) is 0. The van der Waals surface area contributed by atoms with Gasteiger partial charge in [-0.2, -0.15) is 0 Å². The van der Waals surface area contributed by atoms with Gasteiger partial charge < -0.3 is 9.42 Å². The van der Waals surface area contributed by atoms with Crippen molar-refractivity contribution in [3.05, 3.63) is 0 Å². The highest BCUT2D eigenvalue weighted by Crippen LogP contribution is 1.47. The van der Waals surface area contributed by atoms with Gasteiger partial charge in [0.15, 0.2) is 0 Å². The van der Waals surface area contributed by atoms with Gasteiger partial charge in [-0.25, -0.2) is 0 Å². The molecule has 1 N–H and O–H groups in total. The van der Waals surface area contributed by atoms with E-state index in [4.69, 9.17) is 5.11 Å². The normalized spacial score (nSPS) is 6.50. The van der Waals surface area contributed by atoms with Crippen LogP contribution in [0.4, 0.5) is 4.32 Å². The van der Waals surface area contributed by atoms with E-state index in [1.807, 2.05) is 0 Å². The molecule has 0 aromatic heterocycles. The smallest absolute Gasteiger partial charge is 0.382 e. The number of hydrogen-bond acceptors (Lipinski definition) is 1. The largest absolute Gasteiger partial charge is 0.402 e. The first-order chi connectivity index (χ1) is 1.91. The highest BCUT2D eigenvalue weighted by Gasteiger charge is 1.71. The lowest BCUT2D eigenvalue weighted by Gasteiger charge is -1.61. The van der Waals surface area contributed by atoms with E-state index in [-0.39, 0.29) is 7.56 Å². The van der Waals surface area contributed by atoms with Crippen molar-refractivity contribution < 1.29 is 9.42 Å². The summed E-state index contributed by atoms with van der Waals surface area (Å²) in [6, 6.07) is 0. The lowest BCUT2D eigenvalue weighted by Crippen LogP contribution is -1.84. The minimum absolute atomic E-state index is 0.181. The van der Waals surface area contributed by atoms with Crippen LogP contribution in [0.2, 0.25) is 0 Å². The topological polar surface area (TPSA) is 20.2 Å². The molecule has 0 fully saturated rings. The summed E-state index contributed by atoms with van der Waals surface area (Å²) in [5.41, 5.74) is 0. The number of aliphatic hydroxyl groups excluding tert-OH is 1. The molecule has 0 bridgehead atoms. The molecular weight excluding hydrogens is 57.8 g/mol. The van der Waals surface area contributed by atoms with E-state index in [0.29, 0.717) is 0 Å². The Morgan fingerprint density at radius 2 is 2.25 bits per heavy atom. The van der Waals surface area contributed by atoms with Crippen molar-refractivity contribution in [2.45, 2.75) is 0 Å². The fourth-order valence-corrected chi connectivity index (χ4v) is 0. The first-order valence-electron chi connectivity index (χ1n) is 0.943. The summed E-state index contributed by atoms with van der Waals surface area (Å²) in [6.45, 7) is -0.472. The predicted molar refractivity (Wildman–Crippen MR) is 13.9 cm³/mol. The van der Waals surface area contributed by atoms with E-state index in [9.17, 15) is 4.32 Å². The van der Waals surface area contributed by atoms with E-state index in [2.05, 4.69) is 0 Å². The summed E-state index contributed by atoms with van der Waals surface area (Å²) < 4.78 is 10.3. The molecule has 0 aliphatic carbocycles.